The van der Waals surface area contributed by atoms with Crippen LogP contribution in [0.4, 0.5) is 4.39 Å². The van der Waals surface area contributed by atoms with E-state index in [4.69, 9.17) is 9.47 Å². The van der Waals surface area contributed by atoms with Gasteiger partial charge in [0.15, 0.2) is 11.5 Å². The van der Waals surface area contributed by atoms with E-state index >= 15 is 0 Å². The molecule has 3 aromatic rings. The predicted molar refractivity (Wildman–Crippen MR) is 104 cm³/mol. The smallest absolute Gasteiger partial charge is 0.161 e. The largest absolute Gasteiger partial charge is 0.493 e. The van der Waals surface area contributed by atoms with Gasteiger partial charge in [-0.05, 0) is 48.4 Å². The van der Waals surface area contributed by atoms with Crippen molar-refractivity contribution in [2.24, 2.45) is 0 Å². The summed E-state index contributed by atoms with van der Waals surface area (Å²) in [6, 6.07) is 13.8. The maximum atomic E-state index is 13.0. The highest BCUT2D eigenvalue weighted by atomic mass is 32.1. The van der Waals surface area contributed by atoms with Crippen LogP contribution in [0.1, 0.15) is 21.8 Å². The van der Waals surface area contributed by atoms with Crippen LogP contribution in [0.2, 0.25) is 0 Å². The second-order valence-electron chi connectivity index (χ2n) is 5.79. The number of hydrogen-bond acceptors (Lipinski definition) is 5. The van der Waals surface area contributed by atoms with Gasteiger partial charge < -0.3 is 9.47 Å². The van der Waals surface area contributed by atoms with Crippen LogP contribution < -0.4 is 9.47 Å². The number of nitrogens with zero attached hydrogens (tertiary/aromatic N) is 2. The molecule has 1 aromatic heterocycles. The van der Waals surface area contributed by atoms with E-state index in [9.17, 15) is 9.65 Å². The second-order valence-corrected chi connectivity index (χ2v) is 6.65. The quantitative estimate of drug-likeness (QED) is 0.549. The lowest BCUT2D eigenvalue weighted by Gasteiger charge is -2.11. The SMILES string of the molecule is COc1cc(/C=C(\C#N)c2nc(C)cs2)ccc1OCc1ccc(F)cc1. The third-order valence-electron chi connectivity index (χ3n) is 3.78. The number of halogens is 1. The summed E-state index contributed by atoms with van der Waals surface area (Å²) in [5.74, 6) is 0.845. The van der Waals surface area contributed by atoms with E-state index in [1.807, 2.05) is 18.4 Å². The van der Waals surface area contributed by atoms with Gasteiger partial charge in [0.25, 0.3) is 0 Å². The van der Waals surface area contributed by atoms with Crippen molar-refractivity contribution in [3.63, 3.8) is 0 Å². The van der Waals surface area contributed by atoms with Gasteiger partial charge in [0.1, 0.15) is 23.5 Å². The lowest BCUT2D eigenvalue weighted by Crippen LogP contribution is -1.98. The molecule has 0 fully saturated rings. The van der Waals surface area contributed by atoms with Gasteiger partial charge in [-0.25, -0.2) is 9.37 Å². The fourth-order valence-corrected chi connectivity index (χ4v) is 3.18. The van der Waals surface area contributed by atoms with E-state index in [0.29, 0.717) is 28.7 Å². The molecule has 0 unspecified atom stereocenters. The first-order chi connectivity index (χ1) is 13.1. The number of hydrogen-bond donors (Lipinski definition) is 0. The minimum absolute atomic E-state index is 0.281. The number of methoxy groups -OCH3 is 1. The Kier molecular flexibility index (Phi) is 5.84. The molecule has 0 N–H and O–H groups in total. The van der Waals surface area contributed by atoms with Gasteiger partial charge in [0, 0.05) is 11.1 Å². The summed E-state index contributed by atoms with van der Waals surface area (Å²) in [4.78, 5) is 4.35. The molecule has 0 aliphatic rings. The topological polar surface area (TPSA) is 55.1 Å². The molecule has 3 rings (SSSR count). The molecule has 0 saturated carbocycles. The van der Waals surface area contributed by atoms with Crippen LogP contribution in [0.25, 0.3) is 11.6 Å². The van der Waals surface area contributed by atoms with Crippen molar-refractivity contribution >= 4 is 23.0 Å². The molecule has 4 nitrogen and oxygen atoms in total. The van der Waals surface area contributed by atoms with Crippen LogP contribution in [-0.2, 0) is 6.61 Å². The molecule has 1 heterocycles. The minimum atomic E-state index is -0.281. The summed E-state index contributed by atoms with van der Waals surface area (Å²) in [7, 11) is 1.56. The van der Waals surface area contributed by atoms with Crippen LogP contribution in [0.3, 0.4) is 0 Å². The molecule has 0 bridgehead atoms. The van der Waals surface area contributed by atoms with Crippen LogP contribution in [0.15, 0.2) is 47.8 Å². The highest BCUT2D eigenvalue weighted by Gasteiger charge is 2.09. The predicted octanol–water partition coefficient (Wildman–Crippen LogP) is 5.24. The molecular formula is C21H17FN2O2S. The van der Waals surface area contributed by atoms with Gasteiger partial charge >= 0.3 is 0 Å². The fourth-order valence-electron chi connectivity index (χ4n) is 2.42. The lowest BCUT2D eigenvalue weighted by molar-refractivity contribution is 0.284. The van der Waals surface area contributed by atoms with Crippen molar-refractivity contribution in [3.8, 4) is 17.6 Å². The number of rotatable bonds is 6. The summed E-state index contributed by atoms with van der Waals surface area (Å²) in [6.45, 7) is 2.19. The Balaban J connectivity index is 1.80. The average Bonchev–Trinajstić information content (AvgIpc) is 3.12. The Labute approximate surface area is 161 Å². The Morgan fingerprint density at radius 2 is 2.00 bits per heavy atom. The maximum absolute atomic E-state index is 13.0. The zero-order valence-electron chi connectivity index (χ0n) is 14.9. The molecule has 27 heavy (non-hydrogen) atoms. The van der Waals surface area contributed by atoms with Gasteiger partial charge in [-0.1, -0.05) is 18.2 Å². The summed E-state index contributed by atoms with van der Waals surface area (Å²) >= 11 is 1.44. The molecule has 0 aliphatic heterocycles. The number of benzene rings is 2. The standard InChI is InChI=1S/C21H17FN2O2S/c1-14-13-27-21(24-14)17(11-23)9-16-5-8-19(20(10-16)25-2)26-12-15-3-6-18(22)7-4-15/h3-10,13H,12H2,1-2H3/b17-9+. The molecule has 2 aromatic carbocycles. The Hall–Kier alpha value is -3.17. The van der Waals surface area contributed by atoms with Gasteiger partial charge in [-0.3, -0.25) is 0 Å². The number of aryl methyl sites for hydroxylation is 1. The molecule has 136 valence electrons. The number of aromatic nitrogens is 1. The van der Waals surface area contributed by atoms with Crippen LogP contribution in [-0.4, -0.2) is 12.1 Å². The van der Waals surface area contributed by atoms with E-state index in [-0.39, 0.29) is 5.82 Å². The first kappa shape index (κ1) is 18.6. The molecule has 0 spiro atoms. The van der Waals surface area contributed by atoms with Crippen molar-refractivity contribution in [1.29, 1.82) is 5.26 Å². The van der Waals surface area contributed by atoms with Crippen LogP contribution in [0.5, 0.6) is 11.5 Å². The third kappa shape index (κ3) is 4.72. The average molecular weight is 380 g/mol. The Morgan fingerprint density at radius 3 is 2.63 bits per heavy atom. The normalized spacial score (nSPS) is 11.1. The summed E-state index contributed by atoms with van der Waals surface area (Å²) < 4.78 is 24.2. The van der Waals surface area contributed by atoms with E-state index in [1.54, 1.807) is 37.5 Å². The van der Waals surface area contributed by atoms with Gasteiger partial charge in [0.05, 0.1) is 12.7 Å². The minimum Gasteiger partial charge on any atom is -0.493 e. The molecule has 6 heteroatoms. The van der Waals surface area contributed by atoms with E-state index in [2.05, 4.69) is 11.1 Å². The summed E-state index contributed by atoms with van der Waals surface area (Å²) in [6.07, 6.45) is 1.77. The molecular weight excluding hydrogens is 363 g/mol. The molecule has 0 radical (unpaired) electrons. The molecule has 0 atom stereocenters. The van der Waals surface area contributed by atoms with Crippen LogP contribution >= 0.6 is 11.3 Å². The van der Waals surface area contributed by atoms with E-state index in [1.165, 1.54) is 23.5 Å². The fraction of sp³-hybridized carbons (Fsp3) is 0.143. The third-order valence-corrected chi connectivity index (χ3v) is 4.77. The maximum Gasteiger partial charge on any atom is 0.161 e. The van der Waals surface area contributed by atoms with Crippen molar-refractivity contribution in [2.75, 3.05) is 7.11 Å². The highest BCUT2D eigenvalue weighted by molar-refractivity contribution is 7.11. The Morgan fingerprint density at radius 1 is 1.22 bits per heavy atom. The number of allylic oxidation sites excluding steroid dienone is 1. The molecule has 0 aliphatic carbocycles. The van der Waals surface area contributed by atoms with Gasteiger partial charge in [-0.2, -0.15) is 5.26 Å². The first-order valence-corrected chi connectivity index (χ1v) is 9.06. The number of thiazole rings is 1. The summed E-state index contributed by atoms with van der Waals surface area (Å²) in [5, 5.41) is 12.0. The van der Waals surface area contributed by atoms with E-state index in [0.717, 1.165) is 16.8 Å². The van der Waals surface area contributed by atoms with E-state index < -0.39 is 0 Å². The van der Waals surface area contributed by atoms with Crippen molar-refractivity contribution < 1.29 is 13.9 Å². The molecule has 0 saturated heterocycles. The van der Waals surface area contributed by atoms with Gasteiger partial charge in [0.2, 0.25) is 0 Å². The highest BCUT2D eigenvalue weighted by Crippen LogP contribution is 2.31. The monoisotopic (exact) mass is 380 g/mol. The van der Waals surface area contributed by atoms with Crippen molar-refractivity contribution in [1.82, 2.24) is 4.98 Å². The molecule has 0 amide bonds. The second kappa shape index (κ2) is 8.47. The zero-order chi connectivity index (χ0) is 19.2. The number of nitriles is 1. The lowest BCUT2D eigenvalue weighted by atomic mass is 10.1. The first-order valence-electron chi connectivity index (χ1n) is 8.18. The van der Waals surface area contributed by atoms with Crippen LogP contribution in [0, 0.1) is 24.1 Å². The number of ether oxygens (including phenoxy) is 2. The zero-order valence-corrected chi connectivity index (χ0v) is 15.7. The Bertz CT molecular complexity index is 1000. The van der Waals surface area contributed by atoms with Crippen molar-refractivity contribution in [2.45, 2.75) is 13.5 Å². The van der Waals surface area contributed by atoms with Crippen molar-refractivity contribution in [3.05, 3.63) is 75.5 Å². The summed E-state index contributed by atoms with van der Waals surface area (Å²) in [5.41, 5.74) is 3.05. The van der Waals surface area contributed by atoms with Gasteiger partial charge in [-0.15, -0.1) is 11.3 Å².